The highest BCUT2D eigenvalue weighted by atomic mass is 35.5. The third-order valence-corrected chi connectivity index (χ3v) is 11.9. The van der Waals surface area contributed by atoms with Gasteiger partial charge < -0.3 is 14.4 Å². The summed E-state index contributed by atoms with van der Waals surface area (Å²) >= 11 is 6.40. The Morgan fingerprint density at radius 2 is 2.07 bits per heavy atom. The predicted molar refractivity (Wildman–Crippen MR) is 169 cm³/mol. The Balaban J connectivity index is 1.44. The SMILES string of the molecule is CO[C@H]1/C=C/C[C@H](C)[C@@H](CC#N)C(=O)NS(=O)(=O)c2ccc3c(c2)N(C[C@@H]2CC[C@H]21)C[C@@]1(CCCc2cc(Cl)ccc21)CO3. The smallest absolute Gasteiger partial charge is 0.264 e. The Labute approximate surface area is 265 Å². The van der Waals surface area contributed by atoms with Crippen molar-refractivity contribution < 1.29 is 22.7 Å². The van der Waals surface area contributed by atoms with Crippen LogP contribution in [0.25, 0.3) is 0 Å². The van der Waals surface area contributed by atoms with E-state index in [1.165, 1.54) is 17.2 Å². The number of methoxy groups -OCH3 is 1. The number of carbonyl (C=O) groups is 1. The van der Waals surface area contributed by atoms with Gasteiger partial charge in [0.05, 0.1) is 35.3 Å². The number of hydrogen-bond acceptors (Lipinski definition) is 7. The number of carbonyl (C=O) groups excluding carboxylic acids is 1. The molecule has 2 heterocycles. The van der Waals surface area contributed by atoms with E-state index in [4.69, 9.17) is 21.1 Å². The van der Waals surface area contributed by atoms with Crippen LogP contribution in [0.4, 0.5) is 5.69 Å². The molecule has 0 unspecified atom stereocenters. The maximum atomic E-state index is 13.6. The summed E-state index contributed by atoms with van der Waals surface area (Å²) in [4.78, 5) is 15.6. The summed E-state index contributed by atoms with van der Waals surface area (Å²) in [5.41, 5.74) is 2.91. The van der Waals surface area contributed by atoms with Crippen LogP contribution in [0.1, 0.15) is 56.6 Å². The lowest BCUT2D eigenvalue weighted by Gasteiger charge is -2.46. The van der Waals surface area contributed by atoms with Crippen molar-refractivity contribution in [3.63, 3.8) is 0 Å². The summed E-state index contributed by atoms with van der Waals surface area (Å²) in [6, 6.07) is 13.1. The van der Waals surface area contributed by atoms with Gasteiger partial charge in [0, 0.05) is 37.1 Å². The first-order valence-corrected chi connectivity index (χ1v) is 17.4. The van der Waals surface area contributed by atoms with Crippen molar-refractivity contribution in [3.05, 3.63) is 64.7 Å². The van der Waals surface area contributed by atoms with E-state index in [1.807, 2.05) is 19.1 Å². The third kappa shape index (κ3) is 5.84. The van der Waals surface area contributed by atoms with Crippen LogP contribution in [0.5, 0.6) is 5.75 Å². The number of sulfonamides is 1. The molecular formula is C34H40ClN3O5S. The molecule has 1 fully saturated rings. The monoisotopic (exact) mass is 637 g/mol. The highest BCUT2D eigenvalue weighted by Gasteiger charge is 2.44. The second-order valence-electron chi connectivity index (χ2n) is 13.0. The second-order valence-corrected chi connectivity index (χ2v) is 15.1. The minimum Gasteiger partial charge on any atom is -0.490 e. The van der Waals surface area contributed by atoms with E-state index in [1.54, 1.807) is 19.2 Å². The van der Waals surface area contributed by atoms with Crippen molar-refractivity contribution in [1.82, 2.24) is 4.72 Å². The molecule has 10 heteroatoms. The Bertz CT molecular complexity index is 1600. The number of amides is 1. The highest BCUT2D eigenvalue weighted by molar-refractivity contribution is 7.90. The number of nitriles is 1. The summed E-state index contributed by atoms with van der Waals surface area (Å²) < 4.78 is 42.0. The lowest BCUT2D eigenvalue weighted by atomic mass is 9.68. The van der Waals surface area contributed by atoms with Crippen molar-refractivity contribution >= 4 is 33.2 Å². The molecule has 0 aromatic heterocycles. The Morgan fingerprint density at radius 3 is 2.82 bits per heavy atom. The zero-order valence-electron chi connectivity index (χ0n) is 25.3. The standard InChI is InChI=1S/C34H40ClN3O5S/c1-22-5-3-7-31(42-2)28-11-8-24(28)19-38-20-34(15-4-6-23-17-25(35)9-12-29(23)34)21-43-32-13-10-26(18-30(32)38)44(40,41)37-33(39)27(22)14-16-36/h3,7,9-10,12-13,17-18,22,24,27-28,31H,4-6,8,11,14-15,19-21H2,1-2H3,(H,37,39)/b7-3+/t22-,24-,27+,28+,31-,34-/m0/s1. The summed E-state index contributed by atoms with van der Waals surface area (Å²) in [7, 11) is -2.46. The van der Waals surface area contributed by atoms with Gasteiger partial charge in [-0.3, -0.25) is 4.79 Å². The molecule has 1 N–H and O–H groups in total. The molecule has 44 heavy (non-hydrogen) atoms. The molecule has 1 amide bonds. The molecule has 2 bridgehead atoms. The summed E-state index contributed by atoms with van der Waals surface area (Å²) in [5.74, 6) is -0.386. The number of nitrogens with zero attached hydrogens (tertiary/aromatic N) is 2. The number of nitrogens with one attached hydrogen (secondary N) is 1. The molecule has 2 aromatic carbocycles. The van der Waals surface area contributed by atoms with Crippen LogP contribution in [-0.4, -0.2) is 47.2 Å². The van der Waals surface area contributed by atoms with Gasteiger partial charge in [-0.2, -0.15) is 5.26 Å². The molecule has 234 valence electrons. The number of rotatable bonds is 2. The van der Waals surface area contributed by atoms with Crippen LogP contribution in [0.2, 0.25) is 5.02 Å². The number of fused-ring (bicyclic) bond motifs is 4. The van der Waals surface area contributed by atoms with E-state index in [0.29, 0.717) is 42.8 Å². The molecule has 4 aliphatic rings. The number of anilines is 1. The fraction of sp³-hybridized carbons (Fsp3) is 0.529. The highest BCUT2D eigenvalue weighted by Crippen LogP contribution is 2.47. The minimum atomic E-state index is -4.20. The Hall–Kier alpha value is -3.06. The molecule has 6 atom stereocenters. The first kappa shape index (κ1) is 30.9. The van der Waals surface area contributed by atoms with Crippen molar-refractivity contribution in [3.8, 4) is 11.8 Å². The zero-order chi connectivity index (χ0) is 31.1. The minimum absolute atomic E-state index is 0.000235. The predicted octanol–water partition coefficient (Wildman–Crippen LogP) is 5.79. The van der Waals surface area contributed by atoms with Gasteiger partial charge in [-0.15, -0.1) is 0 Å². The average molecular weight is 638 g/mol. The number of halogens is 1. The third-order valence-electron chi connectivity index (χ3n) is 10.3. The second kappa shape index (κ2) is 12.4. The van der Waals surface area contributed by atoms with Gasteiger partial charge in [-0.05, 0) is 97.7 Å². The molecule has 1 spiro atoms. The molecule has 0 radical (unpaired) electrons. The number of benzene rings is 2. The van der Waals surface area contributed by atoms with E-state index < -0.39 is 21.8 Å². The molecule has 1 saturated carbocycles. The average Bonchev–Trinajstić information content (AvgIpc) is 3.13. The van der Waals surface area contributed by atoms with Gasteiger partial charge in [0.2, 0.25) is 5.91 Å². The van der Waals surface area contributed by atoms with E-state index in [2.05, 4.69) is 33.9 Å². The summed E-state index contributed by atoms with van der Waals surface area (Å²) in [5, 5.41) is 10.2. The quantitative estimate of drug-likeness (QED) is 0.416. The van der Waals surface area contributed by atoms with Gasteiger partial charge in [0.1, 0.15) is 5.75 Å². The number of ether oxygens (including phenoxy) is 2. The van der Waals surface area contributed by atoms with Gasteiger partial charge in [-0.25, -0.2) is 13.1 Å². The lowest BCUT2D eigenvalue weighted by Crippen LogP contribution is -2.49. The van der Waals surface area contributed by atoms with Crippen LogP contribution in [0.15, 0.2) is 53.4 Å². The van der Waals surface area contributed by atoms with Crippen molar-refractivity contribution in [1.29, 1.82) is 5.26 Å². The van der Waals surface area contributed by atoms with Crippen LogP contribution >= 0.6 is 11.6 Å². The zero-order valence-corrected chi connectivity index (χ0v) is 26.9. The van der Waals surface area contributed by atoms with Crippen LogP contribution in [0, 0.1) is 35.0 Å². The first-order chi connectivity index (χ1) is 21.1. The molecule has 2 aliphatic heterocycles. The van der Waals surface area contributed by atoms with Crippen LogP contribution < -0.4 is 14.4 Å². The van der Waals surface area contributed by atoms with E-state index in [-0.39, 0.29) is 28.8 Å². The normalized spacial score (nSPS) is 32.1. The number of allylic oxidation sites excluding steroid dienone is 1. The van der Waals surface area contributed by atoms with Gasteiger partial charge in [0.15, 0.2) is 0 Å². The fourth-order valence-corrected chi connectivity index (χ4v) is 8.95. The van der Waals surface area contributed by atoms with Gasteiger partial charge >= 0.3 is 0 Å². The van der Waals surface area contributed by atoms with Crippen LogP contribution in [0.3, 0.4) is 0 Å². The molecular weight excluding hydrogens is 598 g/mol. The molecule has 6 rings (SSSR count). The van der Waals surface area contributed by atoms with Gasteiger partial charge in [0.25, 0.3) is 10.0 Å². The molecule has 2 aromatic rings. The lowest BCUT2D eigenvalue weighted by molar-refractivity contribution is -0.124. The van der Waals surface area contributed by atoms with E-state index >= 15 is 0 Å². The first-order valence-electron chi connectivity index (χ1n) is 15.6. The van der Waals surface area contributed by atoms with Crippen molar-refractivity contribution in [2.75, 3.05) is 31.7 Å². The number of hydrogen-bond donors (Lipinski definition) is 1. The van der Waals surface area contributed by atoms with E-state index in [0.717, 1.165) is 43.7 Å². The largest absolute Gasteiger partial charge is 0.490 e. The Kier molecular flexibility index (Phi) is 8.71. The van der Waals surface area contributed by atoms with Gasteiger partial charge in [-0.1, -0.05) is 36.7 Å². The maximum absolute atomic E-state index is 13.6. The summed E-state index contributed by atoms with van der Waals surface area (Å²) in [6.45, 7) is 3.75. The molecule has 0 saturated heterocycles. The molecule has 8 nitrogen and oxygen atoms in total. The van der Waals surface area contributed by atoms with E-state index in [9.17, 15) is 18.5 Å². The maximum Gasteiger partial charge on any atom is 0.264 e. The van der Waals surface area contributed by atoms with Crippen LogP contribution in [-0.2, 0) is 31.4 Å². The van der Waals surface area contributed by atoms with Crippen molar-refractivity contribution in [2.24, 2.45) is 23.7 Å². The Morgan fingerprint density at radius 1 is 1.23 bits per heavy atom. The van der Waals surface area contributed by atoms with Crippen molar-refractivity contribution in [2.45, 2.75) is 68.3 Å². The number of aryl methyl sites for hydroxylation is 1. The molecule has 2 aliphatic carbocycles. The topological polar surface area (TPSA) is 109 Å². The summed E-state index contributed by atoms with van der Waals surface area (Å²) in [6.07, 6.45) is 9.51. The fourth-order valence-electron chi connectivity index (χ4n) is 7.70.